The van der Waals surface area contributed by atoms with Gasteiger partial charge < -0.3 is 19.1 Å². The second-order valence-corrected chi connectivity index (χ2v) is 4.74. The third-order valence-corrected chi connectivity index (χ3v) is 3.42. The summed E-state index contributed by atoms with van der Waals surface area (Å²) in [5, 5.41) is 10.4. The molecule has 0 fully saturated rings. The van der Waals surface area contributed by atoms with Crippen LogP contribution in [0.2, 0.25) is 0 Å². The minimum atomic E-state index is -0.843. The fourth-order valence-electron chi connectivity index (χ4n) is 2.22. The lowest BCUT2D eigenvalue weighted by atomic mass is 10.1. The van der Waals surface area contributed by atoms with Gasteiger partial charge in [-0.05, 0) is 25.1 Å². The Kier molecular flexibility index (Phi) is 4.65. The first-order valence-electron chi connectivity index (χ1n) is 6.63. The Bertz CT molecular complexity index is 678. The number of aliphatic hydroxyl groups excluding tert-OH is 1. The normalized spacial score (nSPS) is 12.0. The predicted molar refractivity (Wildman–Crippen MR) is 79.9 cm³/mol. The summed E-state index contributed by atoms with van der Waals surface area (Å²) in [7, 11) is 3.10. The summed E-state index contributed by atoms with van der Waals surface area (Å²) < 4.78 is 11.9. The molecule has 0 saturated carbocycles. The zero-order valence-corrected chi connectivity index (χ0v) is 12.4. The molecule has 1 aromatic carbocycles. The molecule has 0 amide bonds. The molecule has 2 aromatic rings. The predicted octanol–water partition coefficient (Wildman–Crippen LogP) is 1.91. The average molecular weight is 289 g/mol. The summed E-state index contributed by atoms with van der Waals surface area (Å²) in [6.07, 6.45) is -0.843. The Morgan fingerprint density at radius 2 is 1.95 bits per heavy atom. The van der Waals surface area contributed by atoms with Crippen LogP contribution in [0.15, 0.2) is 41.2 Å². The largest absolute Gasteiger partial charge is 0.497 e. The molecule has 1 aromatic heterocycles. The summed E-state index contributed by atoms with van der Waals surface area (Å²) in [6, 6.07) is 10.2. The van der Waals surface area contributed by atoms with Gasteiger partial charge in [-0.25, -0.2) is 0 Å². The van der Waals surface area contributed by atoms with Crippen molar-refractivity contribution in [3.8, 4) is 11.5 Å². The van der Waals surface area contributed by atoms with Crippen molar-refractivity contribution < 1.29 is 14.6 Å². The fourth-order valence-corrected chi connectivity index (χ4v) is 2.22. The Hall–Kier alpha value is -2.27. The number of nitrogens with zero attached hydrogens (tertiary/aromatic N) is 1. The topological polar surface area (TPSA) is 60.7 Å². The summed E-state index contributed by atoms with van der Waals surface area (Å²) in [5.74, 6) is 1.18. The van der Waals surface area contributed by atoms with E-state index in [1.165, 1.54) is 17.7 Å². The van der Waals surface area contributed by atoms with Crippen molar-refractivity contribution >= 4 is 0 Å². The number of methoxy groups -OCH3 is 2. The maximum absolute atomic E-state index is 11.9. The van der Waals surface area contributed by atoms with E-state index in [2.05, 4.69) is 0 Å². The van der Waals surface area contributed by atoms with Crippen LogP contribution in [0.5, 0.6) is 11.5 Å². The summed E-state index contributed by atoms with van der Waals surface area (Å²) >= 11 is 0. The van der Waals surface area contributed by atoms with Gasteiger partial charge in [-0.2, -0.15) is 0 Å². The highest BCUT2D eigenvalue weighted by Gasteiger charge is 2.16. The van der Waals surface area contributed by atoms with E-state index < -0.39 is 6.10 Å². The number of hydrogen-bond donors (Lipinski definition) is 1. The summed E-state index contributed by atoms with van der Waals surface area (Å²) in [5.41, 5.74) is 1.28. The molecular formula is C16H19NO4. The van der Waals surface area contributed by atoms with Crippen LogP contribution in [0.25, 0.3) is 0 Å². The molecule has 0 spiro atoms. The molecule has 21 heavy (non-hydrogen) atoms. The lowest BCUT2D eigenvalue weighted by Crippen LogP contribution is -2.24. The SMILES string of the molecule is COc1ccc(C(O)Cn2c(C)cccc2=O)c(OC)c1. The number of benzene rings is 1. The second kappa shape index (κ2) is 6.45. The van der Waals surface area contributed by atoms with Crippen LogP contribution in [0.3, 0.4) is 0 Å². The first kappa shape index (κ1) is 15.1. The first-order valence-corrected chi connectivity index (χ1v) is 6.63. The van der Waals surface area contributed by atoms with E-state index in [1.807, 2.05) is 13.0 Å². The lowest BCUT2D eigenvalue weighted by Gasteiger charge is -2.18. The van der Waals surface area contributed by atoms with Crippen molar-refractivity contribution in [2.45, 2.75) is 19.6 Å². The molecule has 5 nitrogen and oxygen atoms in total. The van der Waals surface area contributed by atoms with Crippen LogP contribution in [-0.4, -0.2) is 23.9 Å². The van der Waals surface area contributed by atoms with Crippen molar-refractivity contribution in [2.75, 3.05) is 14.2 Å². The van der Waals surface area contributed by atoms with E-state index in [-0.39, 0.29) is 12.1 Å². The van der Waals surface area contributed by atoms with Crippen molar-refractivity contribution in [3.63, 3.8) is 0 Å². The van der Waals surface area contributed by atoms with E-state index in [0.717, 1.165) is 5.69 Å². The van der Waals surface area contributed by atoms with Crippen molar-refractivity contribution in [1.82, 2.24) is 4.57 Å². The van der Waals surface area contributed by atoms with Crippen molar-refractivity contribution in [2.24, 2.45) is 0 Å². The van der Waals surface area contributed by atoms with E-state index in [0.29, 0.717) is 17.1 Å². The van der Waals surface area contributed by atoms with Gasteiger partial charge in [-0.3, -0.25) is 4.79 Å². The molecule has 0 saturated heterocycles. The standard InChI is InChI=1S/C16H19NO4/c1-11-5-4-6-16(19)17(11)10-14(18)13-8-7-12(20-2)9-15(13)21-3/h4-9,14,18H,10H2,1-3H3. The molecule has 1 heterocycles. The number of aliphatic hydroxyl groups is 1. The highest BCUT2D eigenvalue weighted by Crippen LogP contribution is 2.30. The number of aromatic nitrogens is 1. The Labute approximate surface area is 123 Å². The molecule has 1 N–H and O–H groups in total. The van der Waals surface area contributed by atoms with Gasteiger partial charge in [0.25, 0.3) is 5.56 Å². The zero-order valence-electron chi connectivity index (χ0n) is 12.4. The molecule has 0 radical (unpaired) electrons. The van der Waals surface area contributed by atoms with Crippen molar-refractivity contribution in [1.29, 1.82) is 0 Å². The monoisotopic (exact) mass is 289 g/mol. The maximum atomic E-state index is 11.9. The average Bonchev–Trinajstić information content (AvgIpc) is 2.50. The summed E-state index contributed by atoms with van der Waals surface area (Å²) in [6.45, 7) is 2.01. The maximum Gasteiger partial charge on any atom is 0.250 e. The third-order valence-electron chi connectivity index (χ3n) is 3.42. The van der Waals surface area contributed by atoms with Gasteiger partial charge in [-0.1, -0.05) is 6.07 Å². The van der Waals surface area contributed by atoms with E-state index in [4.69, 9.17) is 9.47 Å². The van der Waals surface area contributed by atoms with Gasteiger partial charge in [0.2, 0.25) is 0 Å². The number of ether oxygens (including phenoxy) is 2. The molecule has 0 bridgehead atoms. The van der Waals surface area contributed by atoms with Gasteiger partial charge in [0.1, 0.15) is 17.6 Å². The molecule has 0 aliphatic rings. The zero-order chi connectivity index (χ0) is 15.4. The molecular weight excluding hydrogens is 270 g/mol. The second-order valence-electron chi connectivity index (χ2n) is 4.74. The third kappa shape index (κ3) is 3.25. The van der Waals surface area contributed by atoms with Gasteiger partial charge in [0.05, 0.1) is 20.8 Å². The van der Waals surface area contributed by atoms with Crippen LogP contribution in [0, 0.1) is 6.92 Å². The van der Waals surface area contributed by atoms with Crippen LogP contribution in [0.4, 0.5) is 0 Å². The quantitative estimate of drug-likeness (QED) is 0.913. The van der Waals surface area contributed by atoms with Crippen LogP contribution in [0.1, 0.15) is 17.4 Å². The highest BCUT2D eigenvalue weighted by atomic mass is 16.5. The van der Waals surface area contributed by atoms with Crippen LogP contribution < -0.4 is 15.0 Å². The molecule has 2 rings (SSSR count). The minimum absolute atomic E-state index is 0.137. The van der Waals surface area contributed by atoms with E-state index >= 15 is 0 Å². The molecule has 1 unspecified atom stereocenters. The molecule has 1 atom stereocenters. The van der Waals surface area contributed by atoms with E-state index in [1.54, 1.807) is 31.4 Å². The lowest BCUT2D eigenvalue weighted by molar-refractivity contribution is 0.150. The first-order chi connectivity index (χ1) is 10.1. The Morgan fingerprint density at radius 1 is 1.19 bits per heavy atom. The molecule has 0 aliphatic heterocycles. The smallest absolute Gasteiger partial charge is 0.250 e. The highest BCUT2D eigenvalue weighted by molar-refractivity contribution is 5.42. The Balaban J connectivity index is 2.32. The fraction of sp³-hybridized carbons (Fsp3) is 0.312. The van der Waals surface area contributed by atoms with Gasteiger partial charge in [0.15, 0.2) is 0 Å². The van der Waals surface area contributed by atoms with Gasteiger partial charge >= 0.3 is 0 Å². The van der Waals surface area contributed by atoms with Gasteiger partial charge in [-0.15, -0.1) is 0 Å². The van der Waals surface area contributed by atoms with E-state index in [9.17, 15) is 9.90 Å². The molecule has 112 valence electrons. The minimum Gasteiger partial charge on any atom is -0.497 e. The van der Waals surface area contributed by atoms with Crippen LogP contribution >= 0.6 is 0 Å². The molecule has 5 heteroatoms. The number of hydrogen-bond acceptors (Lipinski definition) is 4. The number of aryl methyl sites for hydroxylation is 1. The van der Waals surface area contributed by atoms with Crippen LogP contribution in [-0.2, 0) is 6.54 Å². The molecule has 0 aliphatic carbocycles. The number of rotatable bonds is 5. The Morgan fingerprint density at radius 3 is 2.57 bits per heavy atom. The van der Waals surface area contributed by atoms with Crippen molar-refractivity contribution in [3.05, 3.63) is 58.0 Å². The summed E-state index contributed by atoms with van der Waals surface area (Å²) in [4.78, 5) is 11.9. The number of pyridine rings is 1. The van der Waals surface area contributed by atoms with Gasteiger partial charge in [0, 0.05) is 23.4 Å².